The molecule has 1 atom stereocenters. The van der Waals surface area contributed by atoms with Gasteiger partial charge in [-0.25, -0.2) is 13.8 Å². The van der Waals surface area contributed by atoms with E-state index < -0.39 is 23.1 Å². The molecule has 0 saturated heterocycles. The molecule has 0 radical (unpaired) electrons. The molecule has 7 heteroatoms. The van der Waals surface area contributed by atoms with Crippen LogP contribution in [0.3, 0.4) is 0 Å². The molecule has 1 aromatic heterocycles. The summed E-state index contributed by atoms with van der Waals surface area (Å²) in [5.41, 5.74) is 0.717. The third kappa shape index (κ3) is 4.31. The van der Waals surface area contributed by atoms with Crippen LogP contribution in [-0.2, 0) is 6.54 Å². The first-order valence-electron chi connectivity index (χ1n) is 8.40. The van der Waals surface area contributed by atoms with Gasteiger partial charge in [0, 0.05) is 24.1 Å². The van der Waals surface area contributed by atoms with Crippen molar-refractivity contribution in [1.82, 2.24) is 9.97 Å². The van der Waals surface area contributed by atoms with E-state index in [2.05, 4.69) is 15.3 Å². The molecule has 3 rings (SSSR count). The highest BCUT2D eigenvalue weighted by Crippen LogP contribution is 2.27. The van der Waals surface area contributed by atoms with E-state index in [0.717, 1.165) is 11.3 Å². The van der Waals surface area contributed by atoms with Gasteiger partial charge in [0.25, 0.3) is 5.56 Å². The molecular formula is C20H19F2N3O2. The molecule has 0 spiro atoms. The van der Waals surface area contributed by atoms with Crippen LogP contribution < -0.4 is 15.6 Å². The van der Waals surface area contributed by atoms with Gasteiger partial charge >= 0.3 is 0 Å². The predicted octanol–water partition coefficient (Wildman–Crippen LogP) is 3.82. The van der Waals surface area contributed by atoms with E-state index in [1.165, 1.54) is 24.3 Å². The highest BCUT2D eigenvalue weighted by molar-refractivity contribution is 5.35. The zero-order chi connectivity index (χ0) is 19.4. The number of methoxy groups -OCH3 is 1. The van der Waals surface area contributed by atoms with Crippen LogP contribution >= 0.6 is 0 Å². The lowest BCUT2D eigenvalue weighted by atomic mass is 9.96. The Hall–Kier alpha value is -3.22. The molecule has 0 aliphatic rings. The third-order valence-electron chi connectivity index (χ3n) is 4.26. The Balaban J connectivity index is 1.82. The monoisotopic (exact) mass is 371 g/mol. The standard InChI is InChI=1S/C20H19F2N3O2/c1-12(19-15(21)4-3-5-16(19)22)17-10-18(26)25-20(24-17)23-11-13-6-8-14(27-2)9-7-13/h3-10,12H,11H2,1-2H3,(H2,23,24,25,26). The zero-order valence-corrected chi connectivity index (χ0v) is 14.9. The van der Waals surface area contributed by atoms with Crippen LogP contribution in [0.25, 0.3) is 0 Å². The average Bonchev–Trinajstić information content (AvgIpc) is 2.66. The number of nitrogens with one attached hydrogen (secondary N) is 2. The number of H-pyrrole nitrogens is 1. The van der Waals surface area contributed by atoms with E-state index in [4.69, 9.17) is 4.74 Å². The van der Waals surface area contributed by atoms with E-state index in [9.17, 15) is 13.6 Å². The molecule has 0 bridgehead atoms. The van der Waals surface area contributed by atoms with Gasteiger partial charge in [-0.3, -0.25) is 9.78 Å². The molecule has 140 valence electrons. The largest absolute Gasteiger partial charge is 0.497 e. The highest BCUT2D eigenvalue weighted by atomic mass is 19.1. The van der Waals surface area contributed by atoms with E-state index in [1.54, 1.807) is 14.0 Å². The number of hydrogen-bond acceptors (Lipinski definition) is 4. The first-order valence-corrected chi connectivity index (χ1v) is 8.40. The summed E-state index contributed by atoms with van der Waals surface area (Å²) in [7, 11) is 1.59. The summed E-state index contributed by atoms with van der Waals surface area (Å²) in [5, 5.41) is 3.02. The fraction of sp³-hybridized carbons (Fsp3) is 0.200. The van der Waals surface area contributed by atoms with Crippen LogP contribution in [0.15, 0.2) is 53.3 Å². The second-order valence-electron chi connectivity index (χ2n) is 6.08. The van der Waals surface area contributed by atoms with Crippen molar-refractivity contribution in [3.8, 4) is 5.75 Å². The minimum atomic E-state index is -0.713. The number of nitrogens with zero attached hydrogens (tertiary/aromatic N) is 1. The van der Waals surface area contributed by atoms with Crippen LogP contribution in [0.4, 0.5) is 14.7 Å². The summed E-state index contributed by atoms with van der Waals surface area (Å²) in [6, 6.07) is 12.3. The van der Waals surface area contributed by atoms with Crippen molar-refractivity contribution in [2.45, 2.75) is 19.4 Å². The Kier molecular flexibility index (Phi) is 5.49. The normalized spacial score (nSPS) is 11.9. The van der Waals surface area contributed by atoms with Gasteiger partial charge in [-0.2, -0.15) is 0 Å². The van der Waals surface area contributed by atoms with Crippen LogP contribution in [0, 0.1) is 11.6 Å². The smallest absolute Gasteiger partial charge is 0.252 e. The first-order chi connectivity index (χ1) is 13.0. The minimum Gasteiger partial charge on any atom is -0.497 e. The predicted molar refractivity (Wildman–Crippen MR) is 99.1 cm³/mol. The van der Waals surface area contributed by atoms with Crippen molar-refractivity contribution in [2.24, 2.45) is 0 Å². The number of ether oxygens (including phenoxy) is 1. The van der Waals surface area contributed by atoms with E-state index in [1.807, 2.05) is 24.3 Å². The average molecular weight is 371 g/mol. The fourth-order valence-electron chi connectivity index (χ4n) is 2.78. The maximum absolute atomic E-state index is 14.0. The van der Waals surface area contributed by atoms with E-state index in [0.29, 0.717) is 6.54 Å². The molecule has 5 nitrogen and oxygen atoms in total. The molecule has 2 N–H and O–H groups in total. The van der Waals surface area contributed by atoms with Gasteiger partial charge in [-0.05, 0) is 29.8 Å². The topological polar surface area (TPSA) is 67.0 Å². The van der Waals surface area contributed by atoms with Crippen molar-refractivity contribution < 1.29 is 13.5 Å². The van der Waals surface area contributed by atoms with Gasteiger partial charge in [0.05, 0.1) is 12.8 Å². The zero-order valence-electron chi connectivity index (χ0n) is 14.9. The highest BCUT2D eigenvalue weighted by Gasteiger charge is 2.20. The lowest BCUT2D eigenvalue weighted by molar-refractivity contribution is 0.414. The maximum atomic E-state index is 14.0. The first kappa shape index (κ1) is 18.6. The minimum absolute atomic E-state index is 0.114. The summed E-state index contributed by atoms with van der Waals surface area (Å²) >= 11 is 0. The number of rotatable bonds is 6. The van der Waals surface area contributed by atoms with Crippen LogP contribution in [0.1, 0.15) is 29.7 Å². The second kappa shape index (κ2) is 7.99. The summed E-state index contributed by atoms with van der Waals surface area (Å²) in [5.74, 6) is -1.07. The van der Waals surface area contributed by atoms with Crippen molar-refractivity contribution >= 4 is 5.95 Å². The van der Waals surface area contributed by atoms with Gasteiger partial charge in [-0.15, -0.1) is 0 Å². The number of halogens is 2. The summed E-state index contributed by atoms with van der Waals surface area (Å²) in [4.78, 5) is 18.9. The van der Waals surface area contributed by atoms with E-state index in [-0.39, 0.29) is 17.2 Å². The Morgan fingerprint density at radius 2 is 1.81 bits per heavy atom. The van der Waals surface area contributed by atoms with Crippen molar-refractivity contribution in [1.29, 1.82) is 0 Å². The molecule has 0 aliphatic carbocycles. The molecule has 0 fully saturated rings. The molecule has 0 aliphatic heterocycles. The van der Waals surface area contributed by atoms with Gasteiger partial charge < -0.3 is 10.1 Å². The lowest BCUT2D eigenvalue weighted by Gasteiger charge is -2.14. The Morgan fingerprint density at radius 1 is 1.15 bits per heavy atom. The number of anilines is 1. The fourth-order valence-corrected chi connectivity index (χ4v) is 2.78. The number of aromatic nitrogens is 2. The van der Waals surface area contributed by atoms with Crippen LogP contribution in [-0.4, -0.2) is 17.1 Å². The van der Waals surface area contributed by atoms with Gasteiger partial charge in [0.15, 0.2) is 0 Å². The molecular weight excluding hydrogens is 352 g/mol. The van der Waals surface area contributed by atoms with Gasteiger partial charge in [0.2, 0.25) is 5.95 Å². The SMILES string of the molecule is COc1ccc(CNc2nc(C(C)c3c(F)cccc3F)cc(=O)[nH]2)cc1. The van der Waals surface area contributed by atoms with Crippen LogP contribution in [0.5, 0.6) is 5.75 Å². The molecule has 1 heterocycles. The van der Waals surface area contributed by atoms with Crippen LogP contribution in [0.2, 0.25) is 0 Å². The van der Waals surface area contributed by atoms with Crippen molar-refractivity contribution in [3.05, 3.63) is 87.3 Å². The third-order valence-corrected chi connectivity index (χ3v) is 4.26. The van der Waals surface area contributed by atoms with Gasteiger partial charge in [-0.1, -0.05) is 25.1 Å². The molecule has 1 unspecified atom stereocenters. The molecule has 27 heavy (non-hydrogen) atoms. The summed E-state index contributed by atoms with van der Waals surface area (Å²) < 4.78 is 33.2. The molecule has 0 amide bonds. The number of hydrogen-bond donors (Lipinski definition) is 2. The van der Waals surface area contributed by atoms with Gasteiger partial charge in [0.1, 0.15) is 17.4 Å². The molecule has 3 aromatic rings. The lowest BCUT2D eigenvalue weighted by Crippen LogP contribution is -2.16. The summed E-state index contributed by atoms with van der Waals surface area (Å²) in [6.07, 6.45) is 0. The Bertz CT molecular complexity index is 967. The second-order valence-corrected chi connectivity index (χ2v) is 6.08. The quantitative estimate of drug-likeness (QED) is 0.691. The van der Waals surface area contributed by atoms with Crippen molar-refractivity contribution in [2.75, 3.05) is 12.4 Å². The number of aromatic amines is 1. The molecule has 0 saturated carbocycles. The Morgan fingerprint density at radius 3 is 2.44 bits per heavy atom. The number of benzene rings is 2. The van der Waals surface area contributed by atoms with E-state index >= 15 is 0 Å². The molecule has 2 aromatic carbocycles. The Labute approximate surface area is 155 Å². The maximum Gasteiger partial charge on any atom is 0.252 e. The summed E-state index contributed by atoms with van der Waals surface area (Å²) in [6.45, 7) is 2.02. The van der Waals surface area contributed by atoms with Crippen molar-refractivity contribution in [3.63, 3.8) is 0 Å².